The van der Waals surface area contributed by atoms with E-state index in [2.05, 4.69) is 0 Å². The van der Waals surface area contributed by atoms with Gasteiger partial charge in [-0.15, -0.1) is 0 Å². The normalized spacial score (nSPS) is 15.6. The second-order valence-electron chi connectivity index (χ2n) is 8.37. The van der Waals surface area contributed by atoms with Gasteiger partial charge in [-0.2, -0.15) is 0 Å². The SMILES string of the molecule is COc1cc2c(cc1OC)C(C(CO)COC(=O)c1ccccc1)N(C(=O)c1ccccc1)CC2. The minimum absolute atomic E-state index is 0.0543. The Hall–Kier alpha value is -3.84. The number of ether oxygens (including phenoxy) is 3. The highest BCUT2D eigenvalue weighted by Gasteiger charge is 2.38. The van der Waals surface area contributed by atoms with E-state index in [0.29, 0.717) is 35.6 Å². The van der Waals surface area contributed by atoms with E-state index in [1.807, 2.05) is 36.4 Å². The maximum atomic E-state index is 13.6. The molecule has 2 unspecified atom stereocenters. The van der Waals surface area contributed by atoms with E-state index in [4.69, 9.17) is 14.2 Å². The Morgan fingerprint density at radius 3 is 2.14 bits per heavy atom. The van der Waals surface area contributed by atoms with Crippen molar-refractivity contribution in [3.63, 3.8) is 0 Å². The Balaban J connectivity index is 1.70. The molecular weight excluding hydrogens is 446 g/mol. The molecule has 2 atom stereocenters. The number of fused-ring (bicyclic) bond motifs is 1. The van der Waals surface area contributed by atoms with Crippen LogP contribution in [0.15, 0.2) is 72.8 Å². The molecule has 3 aromatic carbocycles. The van der Waals surface area contributed by atoms with Gasteiger partial charge in [-0.3, -0.25) is 4.79 Å². The first-order valence-corrected chi connectivity index (χ1v) is 11.5. The van der Waals surface area contributed by atoms with Crippen molar-refractivity contribution in [3.05, 3.63) is 95.1 Å². The van der Waals surface area contributed by atoms with E-state index >= 15 is 0 Å². The summed E-state index contributed by atoms with van der Waals surface area (Å²) in [6, 6.07) is 21.0. The summed E-state index contributed by atoms with van der Waals surface area (Å²) in [5.74, 6) is -0.0446. The third kappa shape index (κ3) is 5.15. The van der Waals surface area contributed by atoms with Crippen molar-refractivity contribution >= 4 is 11.9 Å². The Kier molecular flexibility index (Phi) is 7.67. The summed E-state index contributed by atoms with van der Waals surface area (Å²) < 4.78 is 16.6. The summed E-state index contributed by atoms with van der Waals surface area (Å²) in [4.78, 5) is 27.9. The minimum atomic E-state index is -0.549. The van der Waals surface area contributed by atoms with Gasteiger partial charge in [-0.25, -0.2) is 4.79 Å². The molecule has 3 aromatic rings. The second-order valence-corrected chi connectivity index (χ2v) is 8.37. The molecule has 1 aliphatic heterocycles. The molecule has 0 spiro atoms. The van der Waals surface area contributed by atoms with E-state index in [9.17, 15) is 14.7 Å². The number of esters is 1. The van der Waals surface area contributed by atoms with Crippen LogP contribution < -0.4 is 9.47 Å². The van der Waals surface area contributed by atoms with Gasteiger partial charge in [-0.1, -0.05) is 36.4 Å². The number of nitrogens with zero attached hydrogens (tertiary/aromatic N) is 1. The molecule has 0 saturated heterocycles. The van der Waals surface area contributed by atoms with Crippen LogP contribution in [0.25, 0.3) is 0 Å². The van der Waals surface area contributed by atoms with Crippen molar-refractivity contribution in [2.45, 2.75) is 12.5 Å². The van der Waals surface area contributed by atoms with Crippen LogP contribution in [0.3, 0.4) is 0 Å². The van der Waals surface area contributed by atoms with E-state index in [-0.39, 0.29) is 19.1 Å². The van der Waals surface area contributed by atoms with Gasteiger partial charge in [0.15, 0.2) is 11.5 Å². The number of carbonyl (C=O) groups is 2. The highest BCUT2D eigenvalue weighted by atomic mass is 16.5. The predicted molar refractivity (Wildman–Crippen MR) is 131 cm³/mol. The maximum absolute atomic E-state index is 13.6. The van der Waals surface area contributed by atoms with Crippen molar-refractivity contribution < 1.29 is 28.9 Å². The van der Waals surface area contributed by atoms with Gasteiger partial charge in [0.1, 0.15) is 0 Å². The zero-order valence-corrected chi connectivity index (χ0v) is 19.8. The highest BCUT2D eigenvalue weighted by Crippen LogP contribution is 2.42. The Morgan fingerprint density at radius 2 is 1.54 bits per heavy atom. The number of carbonyl (C=O) groups excluding carboxylic acids is 2. The molecule has 0 radical (unpaired) electrons. The van der Waals surface area contributed by atoms with Crippen molar-refractivity contribution in [2.75, 3.05) is 34.0 Å². The lowest BCUT2D eigenvalue weighted by Gasteiger charge is -2.41. The van der Waals surface area contributed by atoms with Crippen LogP contribution in [0.4, 0.5) is 0 Å². The number of amides is 1. The van der Waals surface area contributed by atoms with Gasteiger partial charge < -0.3 is 24.2 Å². The Bertz CT molecular complexity index is 1160. The van der Waals surface area contributed by atoms with Crippen LogP contribution in [-0.4, -0.2) is 55.9 Å². The van der Waals surface area contributed by atoms with Crippen LogP contribution in [-0.2, 0) is 11.2 Å². The number of rotatable bonds is 8. The molecule has 4 rings (SSSR count). The van der Waals surface area contributed by atoms with Crippen LogP contribution >= 0.6 is 0 Å². The van der Waals surface area contributed by atoms with Crippen LogP contribution in [0, 0.1) is 5.92 Å². The van der Waals surface area contributed by atoms with Gasteiger partial charge in [0.25, 0.3) is 5.91 Å². The maximum Gasteiger partial charge on any atom is 0.338 e. The molecule has 0 saturated carbocycles. The number of benzene rings is 3. The minimum Gasteiger partial charge on any atom is -0.493 e. The van der Waals surface area contributed by atoms with Gasteiger partial charge in [0.05, 0.1) is 39.0 Å². The van der Waals surface area contributed by atoms with E-state index in [1.54, 1.807) is 55.5 Å². The van der Waals surface area contributed by atoms with E-state index in [1.165, 1.54) is 0 Å². The molecule has 7 nitrogen and oxygen atoms in total. The van der Waals surface area contributed by atoms with Crippen molar-refractivity contribution in [2.24, 2.45) is 5.92 Å². The van der Waals surface area contributed by atoms with Gasteiger partial charge in [-0.05, 0) is 53.9 Å². The third-order valence-electron chi connectivity index (χ3n) is 6.32. The predicted octanol–water partition coefficient (Wildman–Crippen LogP) is 3.91. The summed E-state index contributed by atoms with van der Waals surface area (Å²) in [6.07, 6.45) is 0.618. The highest BCUT2D eigenvalue weighted by molar-refractivity contribution is 5.94. The first-order chi connectivity index (χ1) is 17.1. The average molecular weight is 476 g/mol. The first kappa shape index (κ1) is 24.3. The van der Waals surface area contributed by atoms with Crippen LogP contribution in [0.2, 0.25) is 0 Å². The molecule has 7 heteroatoms. The quantitative estimate of drug-likeness (QED) is 0.498. The molecule has 0 aliphatic carbocycles. The number of hydrogen-bond donors (Lipinski definition) is 1. The van der Waals surface area contributed by atoms with Crippen LogP contribution in [0.1, 0.15) is 37.9 Å². The monoisotopic (exact) mass is 475 g/mol. The van der Waals surface area contributed by atoms with Crippen molar-refractivity contribution in [3.8, 4) is 11.5 Å². The Morgan fingerprint density at radius 1 is 0.943 bits per heavy atom. The van der Waals surface area contributed by atoms with Gasteiger partial charge in [0, 0.05) is 18.0 Å². The van der Waals surface area contributed by atoms with E-state index < -0.39 is 17.9 Å². The van der Waals surface area contributed by atoms with E-state index in [0.717, 1.165) is 11.1 Å². The summed E-state index contributed by atoms with van der Waals surface area (Å²) in [5, 5.41) is 10.4. The molecule has 0 aromatic heterocycles. The summed E-state index contributed by atoms with van der Waals surface area (Å²) >= 11 is 0. The zero-order valence-electron chi connectivity index (χ0n) is 19.8. The number of aliphatic hydroxyl groups excluding tert-OH is 1. The van der Waals surface area contributed by atoms with Gasteiger partial charge >= 0.3 is 5.97 Å². The lowest BCUT2D eigenvalue weighted by Crippen LogP contribution is -2.45. The topological polar surface area (TPSA) is 85.3 Å². The lowest BCUT2D eigenvalue weighted by atomic mass is 9.84. The molecule has 0 fully saturated rings. The number of methoxy groups -OCH3 is 2. The number of hydrogen-bond acceptors (Lipinski definition) is 6. The van der Waals surface area contributed by atoms with Gasteiger partial charge in [0.2, 0.25) is 0 Å². The molecule has 1 amide bonds. The largest absolute Gasteiger partial charge is 0.493 e. The standard InChI is InChI=1S/C28H29NO6/c1-33-24-15-21-13-14-29(27(31)19-9-5-3-6-10-19)26(23(21)16-25(24)34-2)22(17-30)18-35-28(32)20-11-7-4-8-12-20/h3-12,15-16,22,26,30H,13-14,17-18H2,1-2H3. The lowest BCUT2D eigenvalue weighted by molar-refractivity contribution is 0.0161. The smallest absolute Gasteiger partial charge is 0.338 e. The Labute approximate surface area is 204 Å². The third-order valence-corrected chi connectivity index (χ3v) is 6.32. The van der Waals surface area contributed by atoms with Crippen LogP contribution in [0.5, 0.6) is 11.5 Å². The fourth-order valence-corrected chi connectivity index (χ4v) is 4.54. The molecular formula is C28H29NO6. The van der Waals surface area contributed by atoms with Crippen molar-refractivity contribution in [1.29, 1.82) is 0 Å². The summed E-state index contributed by atoms with van der Waals surface area (Å²) in [7, 11) is 3.13. The molecule has 35 heavy (non-hydrogen) atoms. The molecule has 1 aliphatic rings. The molecule has 1 heterocycles. The zero-order chi connectivity index (χ0) is 24.8. The fraction of sp³-hybridized carbons (Fsp3) is 0.286. The second kappa shape index (κ2) is 11.1. The average Bonchev–Trinajstić information content (AvgIpc) is 2.92. The first-order valence-electron chi connectivity index (χ1n) is 11.5. The molecule has 182 valence electrons. The summed E-state index contributed by atoms with van der Waals surface area (Å²) in [5.41, 5.74) is 2.82. The number of aliphatic hydroxyl groups is 1. The summed E-state index contributed by atoms with van der Waals surface area (Å²) in [6.45, 7) is 0.115. The molecule has 0 bridgehead atoms. The van der Waals surface area contributed by atoms with Crippen molar-refractivity contribution in [1.82, 2.24) is 4.90 Å². The fourth-order valence-electron chi connectivity index (χ4n) is 4.54. The molecule has 1 N–H and O–H groups in total.